The van der Waals surface area contributed by atoms with Crippen LogP contribution in [-0.4, -0.2) is 10.9 Å². The van der Waals surface area contributed by atoms with E-state index in [4.69, 9.17) is 0 Å². The van der Waals surface area contributed by atoms with Crippen molar-refractivity contribution in [1.82, 2.24) is 4.98 Å². The third-order valence-corrected chi connectivity index (χ3v) is 3.11. The number of aryl methyl sites for hydroxylation is 2. The van der Waals surface area contributed by atoms with E-state index in [1.54, 1.807) is 25.1 Å². The van der Waals surface area contributed by atoms with Crippen LogP contribution in [-0.2, 0) is 0 Å². The molecule has 98 valence electrons. The first-order valence-electron chi connectivity index (χ1n) is 5.73. The third-order valence-electron chi connectivity index (χ3n) is 2.65. The summed E-state index contributed by atoms with van der Waals surface area (Å²) >= 11 is 3.36. The lowest BCUT2D eigenvalue weighted by Gasteiger charge is -2.07. The van der Waals surface area contributed by atoms with Gasteiger partial charge in [-0.25, -0.2) is 0 Å². The van der Waals surface area contributed by atoms with Gasteiger partial charge in [0, 0.05) is 21.8 Å². The number of hydrogen-bond donors (Lipinski definition) is 2. The summed E-state index contributed by atoms with van der Waals surface area (Å²) in [6.07, 6.45) is 1.48. The standard InChI is InChI=1S/C14H13BrN2O2/c1-8-3-10(6-11(15)4-8)14(19)17-12-5-9(2)13(18)16-7-12/h3-7H,1-2H3,(H,16,18)(H,17,19). The fourth-order valence-corrected chi connectivity index (χ4v) is 2.35. The Balaban J connectivity index is 2.25. The minimum atomic E-state index is -0.212. The molecule has 2 aromatic rings. The molecule has 0 bridgehead atoms. The van der Waals surface area contributed by atoms with Crippen molar-refractivity contribution in [3.8, 4) is 0 Å². The largest absolute Gasteiger partial charge is 0.327 e. The zero-order valence-electron chi connectivity index (χ0n) is 10.6. The number of carbonyl (C=O) groups is 1. The van der Waals surface area contributed by atoms with E-state index in [2.05, 4.69) is 26.2 Å². The van der Waals surface area contributed by atoms with Gasteiger partial charge in [0.25, 0.3) is 11.5 Å². The van der Waals surface area contributed by atoms with Crippen molar-refractivity contribution < 1.29 is 4.79 Å². The SMILES string of the molecule is Cc1cc(Br)cc(C(=O)Nc2c[nH]c(=O)c(C)c2)c1. The highest BCUT2D eigenvalue weighted by atomic mass is 79.9. The highest BCUT2D eigenvalue weighted by Gasteiger charge is 2.08. The minimum Gasteiger partial charge on any atom is -0.327 e. The van der Waals surface area contributed by atoms with Crippen LogP contribution in [0, 0.1) is 13.8 Å². The Morgan fingerprint density at radius 2 is 1.95 bits per heavy atom. The number of benzene rings is 1. The van der Waals surface area contributed by atoms with Crippen LogP contribution in [0.5, 0.6) is 0 Å². The molecule has 0 atom stereocenters. The molecule has 0 spiro atoms. The molecular formula is C14H13BrN2O2. The molecule has 0 saturated carbocycles. The summed E-state index contributed by atoms with van der Waals surface area (Å²) in [6, 6.07) is 7.13. The van der Waals surface area contributed by atoms with Crippen molar-refractivity contribution in [2.24, 2.45) is 0 Å². The number of anilines is 1. The number of nitrogens with one attached hydrogen (secondary N) is 2. The summed E-state index contributed by atoms with van der Waals surface area (Å²) in [5.41, 5.74) is 2.53. The van der Waals surface area contributed by atoms with Gasteiger partial charge in [0.2, 0.25) is 0 Å². The maximum Gasteiger partial charge on any atom is 0.255 e. The van der Waals surface area contributed by atoms with Crippen LogP contribution >= 0.6 is 15.9 Å². The van der Waals surface area contributed by atoms with Gasteiger partial charge in [-0.1, -0.05) is 15.9 Å². The maximum absolute atomic E-state index is 12.1. The van der Waals surface area contributed by atoms with Crippen LogP contribution in [0.3, 0.4) is 0 Å². The van der Waals surface area contributed by atoms with Crippen molar-refractivity contribution >= 4 is 27.5 Å². The highest BCUT2D eigenvalue weighted by molar-refractivity contribution is 9.10. The van der Waals surface area contributed by atoms with Gasteiger partial charge in [0.05, 0.1) is 5.69 Å². The number of hydrogen-bond acceptors (Lipinski definition) is 2. The quantitative estimate of drug-likeness (QED) is 0.893. The molecule has 5 heteroatoms. The molecule has 0 unspecified atom stereocenters. The number of H-pyrrole nitrogens is 1. The van der Waals surface area contributed by atoms with E-state index in [-0.39, 0.29) is 11.5 Å². The molecule has 1 heterocycles. The van der Waals surface area contributed by atoms with Crippen LogP contribution in [0.25, 0.3) is 0 Å². The Labute approximate surface area is 119 Å². The van der Waals surface area contributed by atoms with Crippen LogP contribution in [0.2, 0.25) is 0 Å². The second-order valence-corrected chi connectivity index (χ2v) is 5.29. The normalized spacial score (nSPS) is 10.3. The molecule has 0 radical (unpaired) electrons. The predicted octanol–water partition coefficient (Wildman–Crippen LogP) is 3.01. The summed E-state index contributed by atoms with van der Waals surface area (Å²) in [7, 11) is 0. The first-order valence-corrected chi connectivity index (χ1v) is 6.53. The summed E-state index contributed by atoms with van der Waals surface area (Å²) in [4.78, 5) is 25.9. The maximum atomic E-state index is 12.1. The Kier molecular flexibility index (Phi) is 3.85. The average molecular weight is 321 g/mol. The molecule has 2 rings (SSSR count). The van der Waals surface area contributed by atoms with Gasteiger partial charge in [0.1, 0.15) is 0 Å². The predicted molar refractivity (Wildman–Crippen MR) is 78.6 cm³/mol. The van der Waals surface area contributed by atoms with Gasteiger partial charge in [-0.3, -0.25) is 9.59 Å². The van der Waals surface area contributed by atoms with Gasteiger partial charge in [0.15, 0.2) is 0 Å². The Bertz CT molecular complexity index is 672. The molecule has 1 amide bonds. The molecule has 19 heavy (non-hydrogen) atoms. The molecule has 0 aliphatic heterocycles. The number of amides is 1. The summed E-state index contributed by atoms with van der Waals surface area (Å²) < 4.78 is 0.857. The van der Waals surface area contributed by atoms with E-state index in [0.29, 0.717) is 16.8 Å². The monoisotopic (exact) mass is 320 g/mol. The second-order valence-electron chi connectivity index (χ2n) is 4.37. The molecule has 0 aliphatic rings. The van der Waals surface area contributed by atoms with E-state index in [0.717, 1.165) is 10.0 Å². The fourth-order valence-electron chi connectivity index (χ4n) is 1.74. The average Bonchev–Trinajstić information content (AvgIpc) is 2.32. The number of halogens is 1. The lowest BCUT2D eigenvalue weighted by Crippen LogP contribution is -2.15. The smallest absolute Gasteiger partial charge is 0.255 e. The number of pyridine rings is 1. The van der Waals surface area contributed by atoms with Gasteiger partial charge >= 0.3 is 0 Å². The Hall–Kier alpha value is -1.88. The number of carbonyl (C=O) groups excluding carboxylic acids is 1. The molecule has 1 aromatic carbocycles. The fraction of sp³-hybridized carbons (Fsp3) is 0.143. The molecule has 0 fully saturated rings. The molecule has 0 aliphatic carbocycles. The molecule has 0 saturated heterocycles. The molecular weight excluding hydrogens is 308 g/mol. The zero-order chi connectivity index (χ0) is 14.0. The van der Waals surface area contributed by atoms with Crippen LogP contribution < -0.4 is 10.9 Å². The Morgan fingerprint density at radius 3 is 2.58 bits per heavy atom. The van der Waals surface area contributed by atoms with Gasteiger partial charge in [-0.2, -0.15) is 0 Å². The van der Waals surface area contributed by atoms with Gasteiger partial charge in [-0.15, -0.1) is 0 Å². The van der Waals surface area contributed by atoms with Crippen LogP contribution in [0.1, 0.15) is 21.5 Å². The third kappa shape index (κ3) is 3.32. The first kappa shape index (κ1) is 13.5. The topological polar surface area (TPSA) is 62.0 Å². The molecule has 2 N–H and O–H groups in total. The number of rotatable bonds is 2. The lowest BCUT2D eigenvalue weighted by atomic mass is 10.1. The van der Waals surface area contributed by atoms with Gasteiger partial charge in [-0.05, 0) is 43.7 Å². The van der Waals surface area contributed by atoms with Crippen molar-refractivity contribution in [3.05, 3.63) is 62.0 Å². The lowest BCUT2D eigenvalue weighted by molar-refractivity contribution is 0.102. The minimum absolute atomic E-state index is 0.156. The van der Waals surface area contributed by atoms with Crippen molar-refractivity contribution in [2.45, 2.75) is 13.8 Å². The Morgan fingerprint density at radius 1 is 1.21 bits per heavy atom. The zero-order valence-corrected chi connectivity index (χ0v) is 12.2. The van der Waals surface area contributed by atoms with E-state index in [1.807, 2.05) is 13.0 Å². The van der Waals surface area contributed by atoms with E-state index in [1.165, 1.54) is 6.20 Å². The number of aromatic nitrogens is 1. The highest BCUT2D eigenvalue weighted by Crippen LogP contribution is 2.16. The van der Waals surface area contributed by atoms with E-state index >= 15 is 0 Å². The second kappa shape index (κ2) is 5.40. The van der Waals surface area contributed by atoms with Crippen molar-refractivity contribution in [2.75, 3.05) is 5.32 Å². The van der Waals surface area contributed by atoms with Crippen LogP contribution in [0.4, 0.5) is 5.69 Å². The van der Waals surface area contributed by atoms with Crippen molar-refractivity contribution in [1.29, 1.82) is 0 Å². The molecule has 4 nitrogen and oxygen atoms in total. The first-order chi connectivity index (χ1) is 8.95. The molecule has 1 aromatic heterocycles. The summed E-state index contributed by atoms with van der Waals surface area (Å²) in [5, 5.41) is 2.75. The van der Waals surface area contributed by atoms with E-state index in [9.17, 15) is 9.59 Å². The number of aromatic amines is 1. The van der Waals surface area contributed by atoms with Crippen LogP contribution in [0.15, 0.2) is 39.7 Å². The van der Waals surface area contributed by atoms with Crippen molar-refractivity contribution in [3.63, 3.8) is 0 Å². The summed E-state index contributed by atoms with van der Waals surface area (Å²) in [6.45, 7) is 3.61. The van der Waals surface area contributed by atoms with E-state index < -0.39 is 0 Å². The van der Waals surface area contributed by atoms with Gasteiger partial charge < -0.3 is 10.3 Å². The summed E-state index contributed by atoms with van der Waals surface area (Å²) in [5.74, 6) is -0.212.